The quantitative estimate of drug-likeness (QED) is 0.208. The van der Waals surface area contributed by atoms with E-state index < -0.39 is 16.3 Å². The number of benzene rings is 4. The van der Waals surface area contributed by atoms with E-state index in [1.807, 2.05) is 60.7 Å². The van der Waals surface area contributed by atoms with E-state index >= 15 is 0 Å². The van der Waals surface area contributed by atoms with Crippen LogP contribution in [0.5, 0.6) is 5.75 Å². The van der Waals surface area contributed by atoms with Gasteiger partial charge in [0.2, 0.25) is 0 Å². The van der Waals surface area contributed by atoms with Gasteiger partial charge in [0.15, 0.2) is 0 Å². The zero-order valence-corrected chi connectivity index (χ0v) is 23.8. The van der Waals surface area contributed by atoms with Crippen molar-refractivity contribution in [3.8, 4) is 5.75 Å². The second kappa shape index (κ2) is 10.3. The number of hydrogen-bond acceptors (Lipinski definition) is 3. The summed E-state index contributed by atoms with van der Waals surface area (Å²) < 4.78 is 9.69. The number of para-hydroxylation sites is 1. The molecule has 162 valence electrons. The largest absolute Gasteiger partial charge is 0.507 e. The van der Waals surface area contributed by atoms with Crippen molar-refractivity contribution in [2.75, 3.05) is 0 Å². The number of rotatable bonds is 5. The zero-order chi connectivity index (χ0) is 22.7. The van der Waals surface area contributed by atoms with E-state index in [9.17, 15) is 9.90 Å². The van der Waals surface area contributed by atoms with Gasteiger partial charge < -0.3 is 9.29 Å². The van der Waals surface area contributed by atoms with E-state index in [0.717, 1.165) is 25.4 Å². The van der Waals surface area contributed by atoms with Crippen LogP contribution < -0.4 is 0 Å². The molecule has 0 aliphatic heterocycles. The SMILES string of the molecule is O=C(OS(c1ccccc1)(c1ccccc1)c1c(I)cc(I)cc1I)c1ccccc1O. The molecule has 0 bridgehead atoms. The number of phenolic OH excluding ortho intramolecular Hbond substituents is 1. The van der Waals surface area contributed by atoms with Crippen molar-refractivity contribution < 1.29 is 14.1 Å². The fourth-order valence-electron chi connectivity index (χ4n) is 3.34. The van der Waals surface area contributed by atoms with Crippen LogP contribution in [0.25, 0.3) is 0 Å². The van der Waals surface area contributed by atoms with E-state index in [0.29, 0.717) is 0 Å². The maximum absolute atomic E-state index is 13.5. The van der Waals surface area contributed by atoms with Gasteiger partial charge in [-0.15, -0.1) is 0 Å². The Morgan fingerprint density at radius 2 is 1.19 bits per heavy atom. The van der Waals surface area contributed by atoms with Crippen molar-refractivity contribution in [1.82, 2.24) is 0 Å². The van der Waals surface area contributed by atoms with Gasteiger partial charge in [-0.25, -0.2) is 4.79 Å². The molecule has 0 radical (unpaired) electrons. The first kappa shape index (κ1) is 23.8. The molecule has 0 aromatic heterocycles. The molecule has 0 amide bonds. The third-order valence-electron chi connectivity index (χ3n) is 4.73. The highest BCUT2D eigenvalue weighted by molar-refractivity contribution is 14.1. The van der Waals surface area contributed by atoms with Crippen molar-refractivity contribution in [3.63, 3.8) is 0 Å². The summed E-state index contributed by atoms with van der Waals surface area (Å²) in [6.45, 7) is 0. The number of carbonyl (C=O) groups is 1. The fourth-order valence-corrected chi connectivity index (χ4v) is 11.9. The Balaban J connectivity index is 2.05. The summed E-state index contributed by atoms with van der Waals surface area (Å²) in [5, 5.41) is 10.3. The first-order chi connectivity index (χ1) is 15.4. The first-order valence-electron chi connectivity index (χ1n) is 9.53. The van der Waals surface area contributed by atoms with Gasteiger partial charge in [-0.1, -0.05) is 48.5 Å². The molecule has 0 saturated heterocycles. The maximum atomic E-state index is 13.5. The maximum Gasteiger partial charge on any atom is 0.353 e. The van der Waals surface area contributed by atoms with Gasteiger partial charge in [0.1, 0.15) is 11.3 Å². The minimum absolute atomic E-state index is 0.0982. The van der Waals surface area contributed by atoms with E-state index in [1.54, 1.807) is 18.2 Å². The number of aromatic hydroxyl groups is 1. The minimum Gasteiger partial charge on any atom is -0.507 e. The molecule has 7 heteroatoms. The highest BCUT2D eigenvalue weighted by atomic mass is 127. The molecule has 0 heterocycles. The van der Waals surface area contributed by atoms with Crippen molar-refractivity contribution in [1.29, 1.82) is 0 Å². The van der Waals surface area contributed by atoms with Crippen LogP contribution in [-0.4, -0.2) is 11.1 Å². The molecule has 1 N–H and O–H groups in total. The van der Waals surface area contributed by atoms with Crippen LogP contribution in [0.15, 0.2) is 112 Å². The van der Waals surface area contributed by atoms with Crippen LogP contribution in [-0.2, 0) is 4.18 Å². The Hall–Kier alpha value is -1.31. The van der Waals surface area contributed by atoms with Crippen molar-refractivity contribution in [2.24, 2.45) is 0 Å². The van der Waals surface area contributed by atoms with Gasteiger partial charge in [-0.05, 0) is 127 Å². The zero-order valence-electron chi connectivity index (χ0n) is 16.5. The average molecular weight is 778 g/mol. The molecule has 0 spiro atoms. The molecule has 0 saturated carbocycles. The Bertz CT molecular complexity index is 1200. The summed E-state index contributed by atoms with van der Waals surface area (Å²) in [4.78, 5) is 16.3. The van der Waals surface area contributed by atoms with Gasteiger partial charge in [-0.2, -0.15) is 0 Å². The van der Waals surface area contributed by atoms with Crippen molar-refractivity contribution in [3.05, 3.63) is 113 Å². The number of halogens is 3. The van der Waals surface area contributed by atoms with Crippen LogP contribution in [0.2, 0.25) is 0 Å². The monoisotopic (exact) mass is 778 g/mol. The third-order valence-corrected chi connectivity index (χ3v) is 11.1. The lowest BCUT2D eigenvalue weighted by atomic mass is 10.2. The average Bonchev–Trinajstić information content (AvgIpc) is 2.79. The summed E-state index contributed by atoms with van der Waals surface area (Å²) in [6, 6.07) is 30.4. The minimum atomic E-state index is -2.45. The van der Waals surface area contributed by atoms with Crippen LogP contribution in [0.1, 0.15) is 10.4 Å². The predicted molar refractivity (Wildman–Crippen MR) is 153 cm³/mol. The van der Waals surface area contributed by atoms with Crippen LogP contribution in [0.4, 0.5) is 0 Å². The Labute approximate surface area is 229 Å². The number of hydrogen-bond donors (Lipinski definition) is 1. The van der Waals surface area contributed by atoms with E-state index in [2.05, 4.69) is 79.9 Å². The summed E-state index contributed by atoms with van der Waals surface area (Å²) in [7, 11) is -2.45. The smallest absolute Gasteiger partial charge is 0.353 e. The predicted octanol–water partition coefficient (Wildman–Crippen LogP) is 8.26. The van der Waals surface area contributed by atoms with Gasteiger partial charge in [0.25, 0.3) is 0 Å². The van der Waals surface area contributed by atoms with Crippen molar-refractivity contribution >= 4 is 84.1 Å². The molecule has 3 nitrogen and oxygen atoms in total. The third kappa shape index (κ3) is 4.66. The first-order valence-corrected chi connectivity index (χ1v) is 14.3. The summed E-state index contributed by atoms with van der Waals surface area (Å²) in [5.41, 5.74) is 0.145. The van der Waals surface area contributed by atoms with E-state index in [1.165, 1.54) is 6.07 Å². The van der Waals surface area contributed by atoms with Gasteiger partial charge in [0, 0.05) is 20.5 Å². The Morgan fingerprint density at radius 1 is 0.719 bits per heavy atom. The normalized spacial score (nSPS) is 11.7. The summed E-state index contributed by atoms with van der Waals surface area (Å²) >= 11 is 6.96. The standard InChI is InChI=1S/C25H17I3O3S/c26-17-15-21(27)24(22(28)16-17)32(18-9-3-1-4-10-18,19-11-5-2-6-12-19)31-25(30)20-13-7-8-14-23(20)29/h1-16,29H. The summed E-state index contributed by atoms with van der Waals surface area (Å²) in [5.74, 6) is -0.658. The number of phenols is 1. The molecule has 0 atom stereocenters. The van der Waals surface area contributed by atoms with Crippen LogP contribution >= 0.6 is 78.1 Å². The molecule has 0 fully saturated rings. The molecular formula is C25H17I3O3S. The Morgan fingerprint density at radius 3 is 1.69 bits per heavy atom. The summed E-state index contributed by atoms with van der Waals surface area (Å²) in [6.07, 6.45) is 0. The van der Waals surface area contributed by atoms with Crippen molar-refractivity contribution in [2.45, 2.75) is 14.7 Å². The van der Waals surface area contributed by atoms with E-state index in [-0.39, 0.29) is 11.3 Å². The molecular weight excluding hydrogens is 761 g/mol. The molecule has 0 aliphatic rings. The molecule has 4 rings (SSSR count). The molecule has 32 heavy (non-hydrogen) atoms. The lowest BCUT2D eigenvalue weighted by Gasteiger charge is -2.41. The molecule has 0 unspecified atom stereocenters. The van der Waals surface area contributed by atoms with Gasteiger partial charge in [0.05, 0.1) is 4.90 Å². The van der Waals surface area contributed by atoms with Crippen LogP contribution in [0, 0.1) is 10.7 Å². The van der Waals surface area contributed by atoms with Gasteiger partial charge in [-0.3, -0.25) is 0 Å². The molecule has 0 aliphatic carbocycles. The van der Waals surface area contributed by atoms with Gasteiger partial charge >= 0.3 is 5.97 Å². The lowest BCUT2D eigenvalue weighted by Crippen LogP contribution is -2.16. The van der Waals surface area contributed by atoms with E-state index in [4.69, 9.17) is 4.18 Å². The fraction of sp³-hybridized carbons (Fsp3) is 0. The second-order valence-electron chi connectivity index (χ2n) is 6.77. The Kier molecular flexibility index (Phi) is 7.68. The molecule has 4 aromatic carbocycles. The second-order valence-corrected chi connectivity index (χ2v) is 13.0. The number of carbonyl (C=O) groups excluding carboxylic acids is 1. The topological polar surface area (TPSA) is 46.5 Å². The highest BCUT2D eigenvalue weighted by Crippen LogP contribution is 2.71. The highest BCUT2D eigenvalue weighted by Gasteiger charge is 2.39. The van der Waals surface area contributed by atoms with Crippen LogP contribution in [0.3, 0.4) is 0 Å². The lowest BCUT2D eigenvalue weighted by molar-refractivity contribution is 0.0754. The molecule has 4 aromatic rings.